The van der Waals surface area contributed by atoms with E-state index < -0.39 is 43.6 Å². The first-order chi connectivity index (χ1) is 9.88. The van der Waals surface area contributed by atoms with E-state index >= 15 is 0 Å². The highest BCUT2D eigenvalue weighted by Crippen LogP contribution is 2.17. The number of carbonyl (C=O) groups is 1. The van der Waals surface area contributed by atoms with Gasteiger partial charge in [0.2, 0.25) is 0 Å². The number of rotatable bonds is 7. The van der Waals surface area contributed by atoms with Gasteiger partial charge in [0, 0.05) is 0 Å². The van der Waals surface area contributed by atoms with Gasteiger partial charge in [0.05, 0.1) is 6.61 Å². The van der Waals surface area contributed by atoms with Gasteiger partial charge in [-0.3, -0.25) is 0 Å². The van der Waals surface area contributed by atoms with Crippen LogP contribution >= 0.6 is 0 Å². The Bertz CT molecular complexity index is 463. The van der Waals surface area contributed by atoms with E-state index in [2.05, 4.69) is 0 Å². The van der Waals surface area contributed by atoms with Gasteiger partial charge in [-0.25, -0.2) is 4.79 Å². The topological polar surface area (TPSA) is 148 Å². The van der Waals surface area contributed by atoms with E-state index in [0.717, 1.165) is 0 Å². The molecule has 0 amide bonds. The minimum Gasteiger partial charge on any atom is -0.507 e. The molecule has 0 heterocycles. The smallest absolute Gasteiger partial charge is 0.342 e. The van der Waals surface area contributed by atoms with Crippen LogP contribution in [0.15, 0.2) is 24.3 Å². The second kappa shape index (κ2) is 7.91. The van der Waals surface area contributed by atoms with Gasteiger partial charge >= 0.3 is 5.97 Å². The number of aliphatic hydroxyl groups excluding tert-OH is 5. The van der Waals surface area contributed by atoms with Crippen LogP contribution in [0.4, 0.5) is 0 Å². The molecule has 8 nitrogen and oxygen atoms in total. The summed E-state index contributed by atoms with van der Waals surface area (Å²) in [5.41, 5.74) is -0.116. The molecule has 118 valence electrons. The number of carbonyl (C=O) groups excluding carboxylic acids is 1. The summed E-state index contributed by atoms with van der Waals surface area (Å²) in [7, 11) is 0. The SMILES string of the molecule is O=C(OCC(O)C(O)C(O)C(O)CO)c1ccccc1O. The summed E-state index contributed by atoms with van der Waals surface area (Å²) in [6.07, 6.45) is -6.92. The van der Waals surface area contributed by atoms with E-state index in [1.165, 1.54) is 24.3 Å². The molecule has 0 aromatic heterocycles. The maximum atomic E-state index is 11.6. The molecule has 0 fully saturated rings. The first-order valence-electron chi connectivity index (χ1n) is 6.16. The van der Waals surface area contributed by atoms with Crippen LogP contribution in [-0.4, -0.2) is 74.2 Å². The van der Waals surface area contributed by atoms with Crippen molar-refractivity contribution in [1.29, 1.82) is 0 Å². The predicted molar refractivity (Wildman–Crippen MR) is 69.5 cm³/mol. The van der Waals surface area contributed by atoms with Crippen LogP contribution in [0.5, 0.6) is 5.75 Å². The number of hydrogen-bond acceptors (Lipinski definition) is 8. The lowest BCUT2D eigenvalue weighted by Crippen LogP contribution is -2.47. The summed E-state index contributed by atoms with van der Waals surface area (Å²) in [5, 5.41) is 55.6. The fourth-order valence-corrected chi connectivity index (χ4v) is 1.55. The first-order valence-corrected chi connectivity index (χ1v) is 6.16. The number of phenolic OH excluding ortho intramolecular Hbond substituents is 1. The van der Waals surface area contributed by atoms with Crippen LogP contribution in [0.2, 0.25) is 0 Å². The van der Waals surface area contributed by atoms with E-state index in [-0.39, 0.29) is 11.3 Å². The summed E-state index contributed by atoms with van der Waals surface area (Å²) in [6, 6.07) is 5.61. The Morgan fingerprint density at radius 2 is 1.62 bits per heavy atom. The Hall–Kier alpha value is -1.71. The first kappa shape index (κ1) is 17.3. The van der Waals surface area contributed by atoms with Gasteiger partial charge in [0.1, 0.15) is 42.3 Å². The van der Waals surface area contributed by atoms with Crippen molar-refractivity contribution < 1.29 is 40.2 Å². The molecule has 0 radical (unpaired) electrons. The lowest BCUT2D eigenvalue weighted by molar-refractivity contribution is -0.124. The summed E-state index contributed by atoms with van der Waals surface area (Å²) in [4.78, 5) is 11.6. The molecule has 0 aliphatic heterocycles. The molecule has 8 heteroatoms. The third kappa shape index (κ3) is 4.66. The largest absolute Gasteiger partial charge is 0.507 e. The Morgan fingerprint density at radius 1 is 1.05 bits per heavy atom. The Balaban J connectivity index is 2.55. The average Bonchev–Trinajstić information content (AvgIpc) is 2.50. The number of esters is 1. The number of aliphatic hydroxyl groups is 5. The number of hydrogen-bond donors (Lipinski definition) is 6. The number of aromatic hydroxyl groups is 1. The fourth-order valence-electron chi connectivity index (χ4n) is 1.55. The molecule has 1 aromatic carbocycles. The molecule has 4 unspecified atom stereocenters. The molecule has 4 atom stereocenters. The van der Waals surface area contributed by atoms with Crippen LogP contribution in [0.3, 0.4) is 0 Å². The van der Waals surface area contributed by atoms with Crippen molar-refractivity contribution >= 4 is 5.97 Å². The van der Waals surface area contributed by atoms with E-state index in [1.807, 2.05) is 0 Å². The monoisotopic (exact) mass is 302 g/mol. The molecule has 0 saturated carbocycles. The van der Waals surface area contributed by atoms with Gasteiger partial charge in [-0.15, -0.1) is 0 Å². The quantitative estimate of drug-likeness (QED) is 0.316. The van der Waals surface area contributed by atoms with Crippen LogP contribution in [0.25, 0.3) is 0 Å². The van der Waals surface area contributed by atoms with Gasteiger partial charge in [0.15, 0.2) is 0 Å². The summed E-state index contributed by atoms with van der Waals surface area (Å²) < 4.78 is 4.69. The molecule has 0 spiro atoms. The average molecular weight is 302 g/mol. The van der Waals surface area contributed by atoms with Crippen molar-refractivity contribution in [3.05, 3.63) is 29.8 Å². The fraction of sp³-hybridized carbons (Fsp3) is 0.462. The highest BCUT2D eigenvalue weighted by Gasteiger charge is 2.30. The van der Waals surface area contributed by atoms with Gasteiger partial charge in [-0.2, -0.15) is 0 Å². The zero-order chi connectivity index (χ0) is 16.0. The van der Waals surface area contributed by atoms with Crippen molar-refractivity contribution in [1.82, 2.24) is 0 Å². The molecule has 1 aromatic rings. The summed E-state index contributed by atoms with van der Waals surface area (Å²) >= 11 is 0. The number of para-hydroxylation sites is 1. The Labute approximate surface area is 120 Å². The maximum Gasteiger partial charge on any atom is 0.342 e. The molecule has 0 aliphatic rings. The lowest BCUT2D eigenvalue weighted by Gasteiger charge is -2.25. The second-order valence-electron chi connectivity index (χ2n) is 4.41. The lowest BCUT2D eigenvalue weighted by atomic mass is 10.0. The number of phenols is 1. The van der Waals surface area contributed by atoms with Crippen molar-refractivity contribution in [3.63, 3.8) is 0 Å². The van der Waals surface area contributed by atoms with Crippen LogP contribution in [-0.2, 0) is 4.74 Å². The van der Waals surface area contributed by atoms with Crippen molar-refractivity contribution in [2.45, 2.75) is 24.4 Å². The Kier molecular flexibility index (Phi) is 6.53. The van der Waals surface area contributed by atoms with Gasteiger partial charge in [-0.05, 0) is 12.1 Å². The van der Waals surface area contributed by atoms with E-state index in [0.29, 0.717) is 0 Å². The standard InChI is InChI=1S/C13H18O8/c14-5-9(16)11(18)12(19)10(17)6-21-13(20)7-3-1-2-4-8(7)15/h1-4,9-12,14-19H,5-6H2. The molecule has 0 bridgehead atoms. The Morgan fingerprint density at radius 3 is 2.19 bits per heavy atom. The highest BCUT2D eigenvalue weighted by molar-refractivity contribution is 5.92. The summed E-state index contributed by atoms with van der Waals surface area (Å²) in [6.45, 7) is -1.47. The van der Waals surface area contributed by atoms with Gasteiger partial charge < -0.3 is 35.4 Å². The maximum absolute atomic E-state index is 11.6. The minimum atomic E-state index is -1.82. The number of benzene rings is 1. The van der Waals surface area contributed by atoms with Gasteiger partial charge in [-0.1, -0.05) is 12.1 Å². The summed E-state index contributed by atoms with van der Waals surface area (Å²) in [5.74, 6) is -1.22. The van der Waals surface area contributed by atoms with Crippen LogP contribution in [0, 0.1) is 0 Å². The predicted octanol–water partition coefficient (Wildman–Crippen LogP) is -2.02. The van der Waals surface area contributed by atoms with Crippen molar-refractivity contribution in [3.8, 4) is 5.75 Å². The molecule has 21 heavy (non-hydrogen) atoms. The normalized spacial score (nSPS) is 16.8. The van der Waals surface area contributed by atoms with Gasteiger partial charge in [0.25, 0.3) is 0 Å². The molecule has 0 aliphatic carbocycles. The highest BCUT2D eigenvalue weighted by atomic mass is 16.5. The molecular formula is C13H18O8. The number of ether oxygens (including phenoxy) is 1. The van der Waals surface area contributed by atoms with E-state index in [4.69, 9.17) is 14.9 Å². The zero-order valence-corrected chi connectivity index (χ0v) is 11.0. The second-order valence-corrected chi connectivity index (χ2v) is 4.41. The molecule has 1 rings (SSSR count). The van der Waals surface area contributed by atoms with E-state index in [9.17, 15) is 25.2 Å². The third-order valence-electron chi connectivity index (χ3n) is 2.83. The molecular weight excluding hydrogens is 284 g/mol. The van der Waals surface area contributed by atoms with Crippen LogP contribution in [0.1, 0.15) is 10.4 Å². The molecule has 0 saturated heterocycles. The third-order valence-corrected chi connectivity index (χ3v) is 2.83. The van der Waals surface area contributed by atoms with Crippen LogP contribution < -0.4 is 0 Å². The van der Waals surface area contributed by atoms with E-state index in [1.54, 1.807) is 0 Å². The van der Waals surface area contributed by atoms with Crippen molar-refractivity contribution in [2.24, 2.45) is 0 Å². The molecule has 6 N–H and O–H groups in total. The minimum absolute atomic E-state index is 0.116. The van der Waals surface area contributed by atoms with Crippen molar-refractivity contribution in [2.75, 3.05) is 13.2 Å². The zero-order valence-electron chi connectivity index (χ0n) is 11.0.